The first kappa shape index (κ1) is 15.4. The molecule has 120 valence electrons. The molecule has 0 heteroatoms. The summed E-state index contributed by atoms with van der Waals surface area (Å²) < 4.78 is 0. The smallest absolute Gasteiger partial charge is 0.0163 e. The van der Waals surface area contributed by atoms with E-state index in [0.29, 0.717) is 0 Å². The zero-order valence-corrected chi connectivity index (χ0v) is 14.1. The summed E-state index contributed by atoms with van der Waals surface area (Å²) in [5.41, 5.74) is 7.50. The van der Waals surface area contributed by atoms with E-state index in [2.05, 4.69) is 109 Å². The molecule has 3 aromatic carbocycles. The lowest BCUT2D eigenvalue weighted by atomic mass is 9.93. The first-order valence-corrected chi connectivity index (χ1v) is 8.70. The Bertz CT molecular complexity index is 884. The maximum atomic E-state index is 2.29. The molecule has 1 aliphatic rings. The molecule has 25 heavy (non-hydrogen) atoms. The zero-order chi connectivity index (χ0) is 16.9. The van der Waals surface area contributed by atoms with Gasteiger partial charge in [-0.2, -0.15) is 0 Å². The van der Waals surface area contributed by atoms with Gasteiger partial charge in [0, 0.05) is 0 Å². The standard InChI is InChI=1S/C25H20/c1-2-6-12-20(11-5-1)23-17-24(21-13-7-3-8-14-21)19-25(18-23)22-15-9-4-10-16-22/h1,3-19H,2H2. The topological polar surface area (TPSA) is 0 Å². The Morgan fingerprint density at radius 2 is 1.08 bits per heavy atom. The van der Waals surface area contributed by atoms with Crippen LogP contribution in [0, 0.1) is 0 Å². The van der Waals surface area contributed by atoms with Crippen LogP contribution in [0.5, 0.6) is 0 Å². The third-order valence-electron chi connectivity index (χ3n) is 4.46. The Hall–Kier alpha value is -3.12. The summed E-state index contributed by atoms with van der Waals surface area (Å²) in [6.07, 6.45) is 12.0. The van der Waals surface area contributed by atoms with Gasteiger partial charge in [-0.3, -0.25) is 0 Å². The van der Waals surface area contributed by atoms with Crippen LogP contribution in [0.1, 0.15) is 12.0 Å². The van der Waals surface area contributed by atoms with Crippen LogP contribution in [-0.2, 0) is 0 Å². The summed E-state index contributed by atoms with van der Waals surface area (Å²) in [5, 5.41) is 0. The largest absolute Gasteiger partial charge is 0.0807 e. The molecule has 0 bridgehead atoms. The molecule has 0 heterocycles. The van der Waals surface area contributed by atoms with Gasteiger partial charge in [-0.1, -0.05) is 91.0 Å². The highest BCUT2D eigenvalue weighted by Gasteiger charge is 2.07. The third-order valence-corrected chi connectivity index (χ3v) is 4.46. The summed E-state index contributed by atoms with van der Waals surface area (Å²) in [4.78, 5) is 0. The molecule has 0 amide bonds. The number of benzene rings is 3. The number of hydrogen-bond donors (Lipinski definition) is 0. The van der Waals surface area contributed by atoms with Crippen LogP contribution >= 0.6 is 0 Å². The van der Waals surface area contributed by atoms with Gasteiger partial charge in [0.2, 0.25) is 0 Å². The monoisotopic (exact) mass is 320 g/mol. The highest BCUT2D eigenvalue weighted by molar-refractivity contribution is 5.83. The predicted molar refractivity (Wildman–Crippen MR) is 108 cm³/mol. The van der Waals surface area contributed by atoms with Crippen molar-refractivity contribution in [3.63, 3.8) is 0 Å². The van der Waals surface area contributed by atoms with Crippen molar-refractivity contribution in [3.8, 4) is 22.3 Å². The van der Waals surface area contributed by atoms with Crippen LogP contribution in [0.4, 0.5) is 0 Å². The molecule has 0 spiro atoms. The van der Waals surface area contributed by atoms with Crippen LogP contribution < -0.4 is 0 Å². The molecule has 0 nitrogen and oxygen atoms in total. The number of allylic oxidation sites excluding steroid dienone is 6. The van der Waals surface area contributed by atoms with E-state index in [1.54, 1.807) is 0 Å². The fourth-order valence-corrected chi connectivity index (χ4v) is 3.16. The van der Waals surface area contributed by atoms with E-state index in [9.17, 15) is 0 Å². The van der Waals surface area contributed by atoms with Gasteiger partial charge >= 0.3 is 0 Å². The van der Waals surface area contributed by atoms with E-state index in [-0.39, 0.29) is 0 Å². The first-order valence-electron chi connectivity index (χ1n) is 8.70. The second-order valence-electron chi connectivity index (χ2n) is 6.22. The van der Waals surface area contributed by atoms with Crippen molar-refractivity contribution in [1.29, 1.82) is 0 Å². The van der Waals surface area contributed by atoms with Crippen molar-refractivity contribution >= 4 is 5.57 Å². The first-order chi connectivity index (χ1) is 12.4. The molecule has 3 aromatic rings. The number of hydrogen-bond acceptors (Lipinski definition) is 0. The Balaban J connectivity index is 1.89. The fraction of sp³-hybridized carbons (Fsp3) is 0.0400. The molecule has 0 saturated carbocycles. The molecular weight excluding hydrogens is 300 g/mol. The normalized spacial score (nSPS) is 13.4. The van der Waals surface area contributed by atoms with Gasteiger partial charge in [0.25, 0.3) is 0 Å². The molecule has 0 radical (unpaired) electrons. The average molecular weight is 320 g/mol. The second kappa shape index (κ2) is 7.19. The maximum Gasteiger partial charge on any atom is -0.0163 e. The molecule has 0 aliphatic heterocycles. The minimum absolute atomic E-state index is 0.990. The van der Waals surface area contributed by atoms with Crippen molar-refractivity contribution in [2.45, 2.75) is 6.42 Å². The van der Waals surface area contributed by atoms with Crippen LogP contribution in [0.15, 0.2) is 109 Å². The molecule has 0 atom stereocenters. The minimum atomic E-state index is 0.990. The molecule has 4 rings (SSSR count). The quantitative estimate of drug-likeness (QED) is 0.491. The summed E-state index contributed by atoms with van der Waals surface area (Å²) in [6.45, 7) is 0. The highest BCUT2D eigenvalue weighted by atomic mass is 14.1. The molecule has 0 N–H and O–H groups in total. The van der Waals surface area contributed by atoms with Crippen molar-refractivity contribution in [1.82, 2.24) is 0 Å². The average Bonchev–Trinajstić information content (AvgIpc) is 2.99. The molecule has 0 unspecified atom stereocenters. The molecule has 1 aliphatic carbocycles. The van der Waals surface area contributed by atoms with Gasteiger partial charge in [-0.25, -0.2) is 0 Å². The van der Waals surface area contributed by atoms with E-state index >= 15 is 0 Å². The highest BCUT2D eigenvalue weighted by Crippen LogP contribution is 2.31. The van der Waals surface area contributed by atoms with E-state index in [0.717, 1.165) is 6.42 Å². The lowest BCUT2D eigenvalue weighted by Crippen LogP contribution is -1.88. The Morgan fingerprint density at radius 3 is 1.68 bits per heavy atom. The third kappa shape index (κ3) is 3.54. The van der Waals surface area contributed by atoms with Crippen molar-refractivity contribution in [2.75, 3.05) is 0 Å². The van der Waals surface area contributed by atoms with Crippen molar-refractivity contribution < 1.29 is 0 Å². The molecule has 0 saturated heterocycles. The summed E-state index contributed by atoms with van der Waals surface area (Å²) in [6, 6.07) is 28.1. The lowest BCUT2D eigenvalue weighted by Gasteiger charge is -2.11. The van der Waals surface area contributed by atoms with Crippen LogP contribution in [0.3, 0.4) is 0 Å². The van der Waals surface area contributed by atoms with Gasteiger partial charge in [-0.15, -0.1) is 0 Å². The van der Waals surface area contributed by atoms with E-state index in [1.807, 2.05) is 0 Å². The SMILES string of the molecule is C1=CCC=CC(c2cc(-c3ccccc3)cc(-c3ccccc3)c2)=C1. The summed E-state index contributed by atoms with van der Waals surface area (Å²) >= 11 is 0. The molecule has 0 aromatic heterocycles. The van der Waals surface area contributed by atoms with Crippen molar-refractivity contribution in [3.05, 3.63) is 115 Å². The van der Waals surface area contributed by atoms with Crippen LogP contribution in [0.2, 0.25) is 0 Å². The van der Waals surface area contributed by atoms with Gasteiger partial charge in [0.15, 0.2) is 0 Å². The summed E-state index contributed by atoms with van der Waals surface area (Å²) in [7, 11) is 0. The minimum Gasteiger partial charge on any atom is -0.0807 e. The maximum absolute atomic E-state index is 2.29. The van der Waals surface area contributed by atoms with Crippen LogP contribution in [0.25, 0.3) is 27.8 Å². The Morgan fingerprint density at radius 1 is 0.520 bits per heavy atom. The lowest BCUT2D eigenvalue weighted by molar-refractivity contribution is 1.41. The molecular formula is C25H20. The van der Waals surface area contributed by atoms with Crippen LogP contribution in [-0.4, -0.2) is 0 Å². The van der Waals surface area contributed by atoms with Gasteiger partial charge in [0.05, 0.1) is 0 Å². The van der Waals surface area contributed by atoms with Gasteiger partial charge < -0.3 is 0 Å². The van der Waals surface area contributed by atoms with E-state index < -0.39 is 0 Å². The molecule has 0 fully saturated rings. The Labute approximate surface area is 149 Å². The van der Waals surface area contributed by atoms with E-state index in [4.69, 9.17) is 0 Å². The van der Waals surface area contributed by atoms with Gasteiger partial charge in [-0.05, 0) is 58.0 Å². The predicted octanol–water partition coefficient (Wildman–Crippen LogP) is 6.92. The van der Waals surface area contributed by atoms with Gasteiger partial charge in [0.1, 0.15) is 0 Å². The summed E-state index contributed by atoms with van der Waals surface area (Å²) in [5.74, 6) is 0. The number of rotatable bonds is 3. The second-order valence-corrected chi connectivity index (χ2v) is 6.22. The fourth-order valence-electron chi connectivity index (χ4n) is 3.16. The van der Waals surface area contributed by atoms with Crippen molar-refractivity contribution in [2.24, 2.45) is 0 Å². The zero-order valence-electron chi connectivity index (χ0n) is 14.1. The van der Waals surface area contributed by atoms with E-state index in [1.165, 1.54) is 33.4 Å². The Kier molecular flexibility index (Phi) is 4.43.